The Morgan fingerprint density at radius 3 is 0.950 bits per heavy atom. The van der Waals surface area contributed by atoms with Crippen molar-refractivity contribution in [2.45, 2.75) is 11.0 Å². The van der Waals surface area contributed by atoms with Crippen LogP contribution in [0.1, 0.15) is 0 Å². The molecule has 0 atom stereocenters. The Balaban J connectivity index is 2.86. The minimum atomic E-state index is -5.67. The van der Waals surface area contributed by atoms with Gasteiger partial charge in [-0.15, -0.1) is 0 Å². The second-order valence-electron chi connectivity index (χ2n) is 3.70. The number of piperazine rings is 1. The Hall–Kier alpha value is -0.600. The minimum Gasteiger partial charge on any atom is -0.203 e. The molecule has 0 spiro atoms. The summed E-state index contributed by atoms with van der Waals surface area (Å²) >= 11 is 0. The molecule has 1 aliphatic rings. The predicted octanol–water partition coefficient (Wildman–Crippen LogP) is 0.303. The summed E-state index contributed by atoms with van der Waals surface area (Å²) in [6.07, 6.45) is 0. The van der Waals surface area contributed by atoms with Crippen molar-refractivity contribution in [3.05, 3.63) is 0 Å². The molecule has 0 bridgehead atoms. The van der Waals surface area contributed by atoms with Crippen molar-refractivity contribution >= 4 is 20.0 Å². The SMILES string of the molecule is O=S(=O)(N1CCN(S(=O)(=O)C(F)(F)F)CC1)C(F)(F)F. The molecule has 0 radical (unpaired) electrons. The van der Waals surface area contributed by atoms with Gasteiger partial charge in [-0.1, -0.05) is 0 Å². The molecule has 1 heterocycles. The highest BCUT2D eigenvalue weighted by atomic mass is 32.2. The molecule has 6 nitrogen and oxygen atoms in total. The van der Waals surface area contributed by atoms with Crippen molar-refractivity contribution in [3.63, 3.8) is 0 Å². The Morgan fingerprint density at radius 1 is 0.600 bits per heavy atom. The monoisotopic (exact) mass is 350 g/mol. The molecule has 0 unspecified atom stereocenters. The van der Waals surface area contributed by atoms with Gasteiger partial charge in [-0.25, -0.2) is 16.8 Å². The van der Waals surface area contributed by atoms with E-state index < -0.39 is 57.2 Å². The summed E-state index contributed by atoms with van der Waals surface area (Å²) in [5.41, 5.74) is -11.2. The van der Waals surface area contributed by atoms with Crippen LogP contribution in [-0.2, 0) is 20.0 Å². The molecule has 14 heteroatoms. The van der Waals surface area contributed by atoms with Crippen LogP contribution in [0.4, 0.5) is 26.3 Å². The quantitative estimate of drug-likeness (QED) is 0.672. The Morgan fingerprint density at radius 2 is 0.800 bits per heavy atom. The van der Waals surface area contributed by atoms with Gasteiger partial charge in [0.25, 0.3) is 0 Å². The summed E-state index contributed by atoms with van der Waals surface area (Å²) in [7, 11) is -11.3. The molecule has 1 aliphatic heterocycles. The van der Waals surface area contributed by atoms with Gasteiger partial charge in [0, 0.05) is 26.2 Å². The first-order valence-corrected chi connectivity index (χ1v) is 7.72. The number of halogens is 6. The number of hydrogen-bond acceptors (Lipinski definition) is 4. The van der Waals surface area contributed by atoms with E-state index in [9.17, 15) is 43.2 Å². The van der Waals surface area contributed by atoms with Crippen molar-refractivity contribution in [2.75, 3.05) is 26.2 Å². The summed E-state index contributed by atoms with van der Waals surface area (Å²) in [6, 6.07) is 0. The van der Waals surface area contributed by atoms with Crippen LogP contribution in [-0.4, -0.2) is 62.6 Å². The number of sulfonamides is 2. The van der Waals surface area contributed by atoms with Gasteiger partial charge in [-0.3, -0.25) is 0 Å². The summed E-state index contributed by atoms with van der Waals surface area (Å²) in [4.78, 5) is 0. The summed E-state index contributed by atoms with van der Waals surface area (Å²) in [5, 5.41) is 0. The van der Waals surface area contributed by atoms with Gasteiger partial charge in [-0.05, 0) is 0 Å². The molecule has 0 aromatic heterocycles. The highest BCUT2D eigenvalue weighted by molar-refractivity contribution is 7.90. The first-order valence-electron chi connectivity index (χ1n) is 4.84. The minimum absolute atomic E-state index is 0.102. The van der Waals surface area contributed by atoms with Crippen molar-refractivity contribution in [3.8, 4) is 0 Å². The lowest BCUT2D eigenvalue weighted by Gasteiger charge is -2.33. The first-order chi connectivity index (χ1) is 8.71. The van der Waals surface area contributed by atoms with Gasteiger partial charge in [0.05, 0.1) is 0 Å². The van der Waals surface area contributed by atoms with E-state index in [0.717, 1.165) is 0 Å². The first kappa shape index (κ1) is 17.5. The van der Waals surface area contributed by atoms with Gasteiger partial charge in [-0.2, -0.15) is 35.0 Å². The molecule has 1 saturated heterocycles. The average molecular weight is 350 g/mol. The zero-order valence-corrected chi connectivity index (χ0v) is 11.1. The van der Waals surface area contributed by atoms with Crippen LogP contribution < -0.4 is 0 Å². The molecule has 0 aromatic rings. The van der Waals surface area contributed by atoms with E-state index in [-0.39, 0.29) is 8.61 Å². The average Bonchev–Trinajstić information content (AvgIpc) is 2.26. The predicted molar refractivity (Wildman–Crippen MR) is 53.1 cm³/mol. The maximum Gasteiger partial charge on any atom is 0.511 e. The van der Waals surface area contributed by atoms with Crippen molar-refractivity contribution in [1.82, 2.24) is 8.61 Å². The van der Waals surface area contributed by atoms with Crippen molar-refractivity contribution in [1.29, 1.82) is 0 Å². The lowest BCUT2D eigenvalue weighted by molar-refractivity contribution is -0.0530. The van der Waals surface area contributed by atoms with Gasteiger partial charge in [0.1, 0.15) is 0 Å². The largest absolute Gasteiger partial charge is 0.511 e. The van der Waals surface area contributed by atoms with Crippen LogP contribution >= 0.6 is 0 Å². The van der Waals surface area contributed by atoms with Gasteiger partial charge in [0.15, 0.2) is 0 Å². The second-order valence-corrected chi connectivity index (χ2v) is 7.56. The van der Waals surface area contributed by atoms with E-state index in [2.05, 4.69) is 0 Å². The standard InChI is InChI=1S/C6H8F6N2O4S2/c7-5(8,9)19(15,16)13-1-2-14(4-3-13)20(17,18)6(10,11)12/h1-4H2. The molecular formula is C6H8F6N2O4S2. The summed E-state index contributed by atoms with van der Waals surface area (Å²) < 4.78 is 117. The normalized spacial score (nSPS) is 21.1. The third-order valence-corrected chi connectivity index (χ3v) is 5.72. The Kier molecular flexibility index (Phi) is 4.36. The highest BCUT2D eigenvalue weighted by Gasteiger charge is 2.54. The van der Waals surface area contributed by atoms with Crippen molar-refractivity contribution < 1.29 is 43.2 Å². The molecular weight excluding hydrogens is 342 g/mol. The Bertz CT molecular complexity index is 505. The topological polar surface area (TPSA) is 74.8 Å². The summed E-state index contributed by atoms with van der Waals surface area (Å²) in [6.45, 7) is -4.01. The van der Waals surface area contributed by atoms with E-state index in [1.807, 2.05) is 0 Å². The maximum atomic E-state index is 12.2. The lowest BCUT2D eigenvalue weighted by atomic mass is 10.4. The molecule has 120 valence electrons. The molecule has 1 rings (SSSR count). The molecule has 0 aromatic carbocycles. The highest BCUT2D eigenvalue weighted by Crippen LogP contribution is 2.30. The van der Waals surface area contributed by atoms with Crippen LogP contribution in [0.5, 0.6) is 0 Å². The molecule has 0 aliphatic carbocycles. The van der Waals surface area contributed by atoms with E-state index in [1.54, 1.807) is 0 Å². The lowest BCUT2D eigenvalue weighted by Crippen LogP contribution is -2.55. The van der Waals surface area contributed by atoms with Crippen molar-refractivity contribution in [2.24, 2.45) is 0 Å². The van der Waals surface area contributed by atoms with Gasteiger partial charge < -0.3 is 0 Å². The van der Waals surface area contributed by atoms with E-state index in [1.165, 1.54) is 0 Å². The zero-order chi connectivity index (χ0) is 16.0. The van der Waals surface area contributed by atoms with Crippen LogP contribution in [0, 0.1) is 0 Å². The molecule has 0 saturated carbocycles. The van der Waals surface area contributed by atoms with Gasteiger partial charge in [0.2, 0.25) is 0 Å². The number of rotatable bonds is 2. The molecule has 1 fully saturated rings. The molecule has 20 heavy (non-hydrogen) atoms. The fourth-order valence-electron chi connectivity index (χ4n) is 1.44. The number of alkyl halides is 6. The number of nitrogens with zero attached hydrogens (tertiary/aromatic N) is 2. The van der Waals surface area contributed by atoms with E-state index in [0.29, 0.717) is 0 Å². The van der Waals surface area contributed by atoms with Gasteiger partial charge >= 0.3 is 31.1 Å². The van der Waals surface area contributed by atoms with Crippen LogP contribution in [0.3, 0.4) is 0 Å². The zero-order valence-electron chi connectivity index (χ0n) is 9.44. The van der Waals surface area contributed by atoms with E-state index >= 15 is 0 Å². The fraction of sp³-hybridized carbons (Fsp3) is 1.00. The third kappa shape index (κ3) is 3.01. The Labute approximate surface area is 110 Å². The van der Waals surface area contributed by atoms with Crippen LogP contribution in [0.15, 0.2) is 0 Å². The number of hydrogen-bond donors (Lipinski definition) is 0. The summed E-state index contributed by atoms with van der Waals surface area (Å²) in [5.74, 6) is 0. The van der Waals surface area contributed by atoms with Crippen LogP contribution in [0.2, 0.25) is 0 Å². The fourth-order valence-corrected chi connectivity index (χ4v) is 3.32. The molecule has 0 amide bonds. The van der Waals surface area contributed by atoms with E-state index in [4.69, 9.17) is 0 Å². The van der Waals surface area contributed by atoms with Crippen LogP contribution in [0.25, 0.3) is 0 Å². The second kappa shape index (κ2) is 4.99. The third-order valence-electron chi connectivity index (χ3n) is 2.46. The smallest absolute Gasteiger partial charge is 0.203 e. The maximum absolute atomic E-state index is 12.2. The molecule has 0 N–H and O–H groups in total.